The van der Waals surface area contributed by atoms with Crippen molar-refractivity contribution in [3.63, 3.8) is 0 Å². The Labute approximate surface area is 87.3 Å². The smallest absolute Gasteiger partial charge is 0.164 e. The van der Waals surface area contributed by atoms with Crippen molar-refractivity contribution in [1.29, 1.82) is 0 Å². The molecule has 0 saturated heterocycles. The fourth-order valence-corrected chi connectivity index (χ4v) is 0.917. The van der Waals surface area contributed by atoms with Gasteiger partial charge in [0.15, 0.2) is 5.78 Å². The summed E-state index contributed by atoms with van der Waals surface area (Å²) in [5.74, 6) is 0.835. The van der Waals surface area contributed by atoms with Gasteiger partial charge in [0, 0.05) is 16.9 Å². The molecule has 14 heavy (non-hydrogen) atoms. The average Bonchev–Trinajstić information content (AvgIpc) is 1.95. The van der Waals surface area contributed by atoms with E-state index < -0.39 is 0 Å². The second-order valence-electron chi connectivity index (χ2n) is 5.58. The van der Waals surface area contributed by atoms with Crippen LogP contribution >= 0.6 is 0 Å². The minimum absolute atomic E-state index is 0.101. The maximum Gasteiger partial charge on any atom is 0.164 e. The lowest BCUT2D eigenvalue weighted by atomic mass is 9.87. The Bertz CT molecular complexity index is 236. The molecule has 2 nitrogen and oxygen atoms in total. The first-order valence-electron chi connectivity index (χ1n) is 4.89. The summed E-state index contributed by atoms with van der Waals surface area (Å²) in [6, 6.07) is 0. The van der Waals surface area contributed by atoms with Crippen LogP contribution in [0.25, 0.3) is 0 Å². The number of carbonyl (C=O) groups excluding carboxylic acids is 1. The van der Waals surface area contributed by atoms with E-state index >= 15 is 0 Å². The Morgan fingerprint density at radius 2 is 1.43 bits per heavy atom. The molecule has 0 aromatic rings. The maximum absolute atomic E-state index is 11.7. The van der Waals surface area contributed by atoms with Crippen molar-refractivity contribution in [2.24, 2.45) is 10.8 Å². The first kappa shape index (κ1) is 13.2. The van der Waals surface area contributed by atoms with Gasteiger partial charge in [0.25, 0.3) is 0 Å². The highest BCUT2D eigenvalue weighted by molar-refractivity contribution is 5.94. The Balaban J connectivity index is 4.89. The fourth-order valence-electron chi connectivity index (χ4n) is 0.917. The summed E-state index contributed by atoms with van der Waals surface area (Å²) in [6.07, 6.45) is 1.61. The molecular formula is C12H22O2. The first-order valence-corrected chi connectivity index (χ1v) is 4.89. The molecule has 0 spiro atoms. The summed E-state index contributed by atoms with van der Waals surface area (Å²) in [7, 11) is 1.60. The zero-order valence-corrected chi connectivity index (χ0v) is 10.4. The highest BCUT2D eigenvalue weighted by Crippen LogP contribution is 2.27. The molecule has 0 aromatic heterocycles. The van der Waals surface area contributed by atoms with Gasteiger partial charge >= 0.3 is 0 Å². The van der Waals surface area contributed by atoms with Crippen molar-refractivity contribution in [2.45, 2.75) is 41.5 Å². The molecule has 0 N–H and O–H groups in total. The number of rotatable bonds is 2. The monoisotopic (exact) mass is 198 g/mol. The van der Waals surface area contributed by atoms with Gasteiger partial charge in [0.1, 0.15) is 5.76 Å². The number of hydrogen-bond donors (Lipinski definition) is 0. The van der Waals surface area contributed by atoms with E-state index in [0.29, 0.717) is 0 Å². The van der Waals surface area contributed by atoms with Crippen molar-refractivity contribution < 1.29 is 9.53 Å². The molecule has 0 aliphatic heterocycles. The van der Waals surface area contributed by atoms with E-state index in [9.17, 15) is 4.79 Å². The molecule has 0 rings (SSSR count). The third-order valence-corrected chi connectivity index (χ3v) is 1.96. The number of hydrogen-bond acceptors (Lipinski definition) is 2. The zero-order chi connectivity index (χ0) is 11.6. The largest absolute Gasteiger partial charge is 0.500 e. The summed E-state index contributed by atoms with van der Waals surface area (Å²) in [6.45, 7) is 11.8. The SMILES string of the molecule is COC(=CC(=O)C(C)(C)C)C(C)(C)C. The van der Waals surface area contributed by atoms with E-state index in [1.807, 2.05) is 41.5 Å². The normalized spacial score (nSPS) is 14.1. The molecule has 0 aliphatic rings. The molecular weight excluding hydrogens is 176 g/mol. The van der Waals surface area contributed by atoms with Crippen LogP contribution in [0.15, 0.2) is 11.8 Å². The fraction of sp³-hybridized carbons (Fsp3) is 0.750. The van der Waals surface area contributed by atoms with Crippen molar-refractivity contribution in [3.8, 4) is 0 Å². The third-order valence-electron chi connectivity index (χ3n) is 1.96. The van der Waals surface area contributed by atoms with Crippen molar-refractivity contribution >= 4 is 5.78 Å². The standard InChI is InChI=1S/C12H22O2/c1-11(2,3)9(13)8-10(14-7)12(4,5)6/h8H,1-7H3. The number of carbonyl (C=O) groups is 1. The average molecular weight is 198 g/mol. The highest BCUT2D eigenvalue weighted by atomic mass is 16.5. The van der Waals surface area contributed by atoms with Crippen molar-refractivity contribution in [3.05, 3.63) is 11.8 Å². The predicted octanol–water partition coefficient (Wildman–Crippen LogP) is 3.18. The summed E-state index contributed by atoms with van der Waals surface area (Å²) >= 11 is 0. The van der Waals surface area contributed by atoms with E-state index in [0.717, 1.165) is 5.76 Å². The highest BCUT2D eigenvalue weighted by Gasteiger charge is 2.24. The number of allylic oxidation sites excluding steroid dienone is 2. The van der Waals surface area contributed by atoms with Crippen LogP contribution in [0.5, 0.6) is 0 Å². The quantitative estimate of drug-likeness (QED) is 0.503. The second kappa shape index (κ2) is 4.16. The molecule has 0 aromatic carbocycles. The van der Waals surface area contributed by atoms with E-state index in [1.54, 1.807) is 13.2 Å². The summed E-state index contributed by atoms with van der Waals surface area (Å²) in [5, 5.41) is 0. The summed E-state index contributed by atoms with van der Waals surface area (Å²) in [5.41, 5.74) is -0.454. The number of methoxy groups -OCH3 is 1. The Morgan fingerprint density at radius 3 is 1.64 bits per heavy atom. The number of ether oxygens (including phenoxy) is 1. The van der Waals surface area contributed by atoms with Gasteiger partial charge < -0.3 is 4.74 Å². The van der Waals surface area contributed by atoms with Crippen LogP contribution in [0.1, 0.15) is 41.5 Å². The van der Waals surface area contributed by atoms with E-state index in [2.05, 4.69) is 0 Å². The Hall–Kier alpha value is -0.790. The van der Waals surface area contributed by atoms with Gasteiger partial charge in [-0.1, -0.05) is 41.5 Å². The molecule has 2 heteroatoms. The molecule has 0 fully saturated rings. The van der Waals surface area contributed by atoms with Crippen LogP contribution < -0.4 is 0 Å². The topological polar surface area (TPSA) is 26.3 Å². The lowest BCUT2D eigenvalue weighted by molar-refractivity contribution is -0.121. The van der Waals surface area contributed by atoms with E-state index in [1.165, 1.54) is 0 Å². The van der Waals surface area contributed by atoms with Gasteiger partial charge in [-0.25, -0.2) is 0 Å². The van der Waals surface area contributed by atoms with Crippen LogP contribution in [0, 0.1) is 10.8 Å². The molecule has 0 bridgehead atoms. The Kier molecular flexibility index (Phi) is 3.92. The minimum atomic E-state index is -0.338. The molecule has 0 unspecified atom stereocenters. The van der Waals surface area contributed by atoms with Crippen LogP contribution in [0.3, 0.4) is 0 Å². The summed E-state index contributed by atoms with van der Waals surface area (Å²) in [4.78, 5) is 11.7. The molecule has 0 radical (unpaired) electrons. The third kappa shape index (κ3) is 3.95. The molecule has 0 aliphatic carbocycles. The molecule has 0 atom stereocenters. The molecule has 82 valence electrons. The minimum Gasteiger partial charge on any atom is -0.500 e. The van der Waals surface area contributed by atoms with Crippen LogP contribution in [0.4, 0.5) is 0 Å². The zero-order valence-electron chi connectivity index (χ0n) is 10.4. The second-order valence-corrected chi connectivity index (χ2v) is 5.58. The van der Waals surface area contributed by atoms with Gasteiger partial charge in [-0.05, 0) is 0 Å². The molecule has 0 heterocycles. The summed E-state index contributed by atoms with van der Waals surface area (Å²) < 4.78 is 5.22. The first-order chi connectivity index (χ1) is 6.09. The molecule has 0 saturated carbocycles. The molecule has 0 amide bonds. The van der Waals surface area contributed by atoms with Crippen LogP contribution in [-0.2, 0) is 9.53 Å². The van der Waals surface area contributed by atoms with E-state index in [4.69, 9.17) is 4.74 Å². The van der Waals surface area contributed by atoms with Gasteiger partial charge in [-0.15, -0.1) is 0 Å². The Morgan fingerprint density at radius 1 is 1.00 bits per heavy atom. The van der Waals surface area contributed by atoms with Gasteiger partial charge in [0.2, 0.25) is 0 Å². The van der Waals surface area contributed by atoms with Crippen LogP contribution in [-0.4, -0.2) is 12.9 Å². The van der Waals surface area contributed by atoms with Gasteiger partial charge in [0.05, 0.1) is 7.11 Å². The predicted molar refractivity (Wildman–Crippen MR) is 59.0 cm³/mol. The van der Waals surface area contributed by atoms with Gasteiger partial charge in [-0.2, -0.15) is 0 Å². The number of ketones is 1. The van der Waals surface area contributed by atoms with Crippen molar-refractivity contribution in [1.82, 2.24) is 0 Å². The van der Waals surface area contributed by atoms with Crippen LogP contribution in [0.2, 0.25) is 0 Å². The maximum atomic E-state index is 11.7. The lowest BCUT2D eigenvalue weighted by Crippen LogP contribution is -2.21. The van der Waals surface area contributed by atoms with Gasteiger partial charge in [-0.3, -0.25) is 4.79 Å². The lowest BCUT2D eigenvalue weighted by Gasteiger charge is -2.23. The van der Waals surface area contributed by atoms with Crippen molar-refractivity contribution in [2.75, 3.05) is 7.11 Å². The van der Waals surface area contributed by atoms with E-state index in [-0.39, 0.29) is 16.6 Å².